The van der Waals surface area contributed by atoms with E-state index < -0.39 is 0 Å². The predicted molar refractivity (Wildman–Crippen MR) is 83.5 cm³/mol. The molecule has 4 heteroatoms. The van der Waals surface area contributed by atoms with Crippen molar-refractivity contribution >= 4 is 28.3 Å². The van der Waals surface area contributed by atoms with Crippen LogP contribution < -0.4 is 5.32 Å². The van der Waals surface area contributed by atoms with Gasteiger partial charge in [-0.25, -0.2) is 0 Å². The second-order valence-corrected chi connectivity index (χ2v) is 5.77. The summed E-state index contributed by atoms with van der Waals surface area (Å²) in [6, 6.07) is 9.81. The van der Waals surface area contributed by atoms with Crippen molar-refractivity contribution in [2.24, 2.45) is 0 Å². The van der Waals surface area contributed by atoms with Crippen molar-refractivity contribution in [2.75, 3.05) is 20.1 Å². The summed E-state index contributed by atoms with van der Waals surface area (Å²) in [5.41, 5.74) is 1.40. The maximum Gasteiger partial charge on any atom is 0.0320 e. The highest BCUT2D eigenvalue weighted by Gasteiger charge is 2.23. The average molecular weight is 334 g/mol. The Balaban J connectivity index is 0.00000162. The third-order valence-corrected chi connectivity index (χ3v) is 4.23. The average Bonchev–Trinajstić information content (AvgIpc) is 2.38. The first-order valence-electron chi connectivity index (χ1n) is 6.37. The molecular formula is C14H22BrClN2. The normalized spacial score (nSPS) is 22.3. The van der Waals surface area contributed by atoms with E-state index in [2.05, 4.69) is 64.4 Å². The minimum Gasteiger partial charge on any atom is -0.316 e. The van der Waals surface area contributed by atoms with Crippen molar-refractivity contribution in [3.05, 3.63) is 34.3 Å². The summed E-state index contributed by atoms with van der Waals surface area (Å²) in [5.74, 6) is 0. The second kappa shape index (κ2) is 7.49. The van der Waals surface area contributed by atoms with Gasteiger partial charge < -0.3 is 5.32 Å². The first kappa shape index (κ1) is 16.0. The molecular weight excluding hydrogens is 312 g/mol. The first-order valence-corrected chi connectivity index (χ1v) is 7.17. The molecule has 1 aliphatic rings. The number of nitrogens with one attached hydrogen (secondary N) is 1. The van der Waals surface area contributed by atoms with Crippen LogP contribution in [0.5, 0.6) is 0 Å². The number of likely N-dealkylation sites (N-methyl/N-ethyl adjacent to an activating group) is 1. The van der Waals surface area contributed by atoms with Crippen molar-refractivity contribution in [2.45, 2.75) is 31.8 Å². The van der Waals surface area contributed by atoms with E-state index in [1.807, 2.05) is 0 Å². The molecule has 2 rings (SSSR count). The van der Waals surface area contributed by atoms with E-state index in [0.717, 1.165) is 6.54 Å². The van der Waals surface area contributed by atoms with Crippen LogP contribution >= 0.6 is 28.3 Å². The van der Waals surface area contributed by atoms with Gasteiger partial charge >= 0.3 is 0 Å². The highest BCUT2D eigenvalue weighted by atomic mass is 79.9. The van der Waals surface area contributed by atoms with E-state index in [0.29, 0.717) is 12.1 Å². The van der Waals surface area contributed by atoms with Crippen LogP contribution in [-0.4, -0.2) is 31.1 Å². The third-order valence-electron chi connectivity index (χ3n) is 3.74. The molecule has 0 radical (unpaired) electrons. The van der Waals surface area contributed by atoms with Crippen LogP contribution in [0.3, 0.4) is 0 Å². The fraction of sp³-hybridized carbons (Fsp3) is 0.571. The second-order valence-electron chi connectivity index (χ2n) is 4.85. The predicted octanol–water partition coefficient (Wildman–Crippen LogP) is 3.62. The molecule has 1 fully saturated rings. The number of nitrogens with zero attached hydrogens (tertiary/aromatic N) is 1. The summed E-state index contributed by atoms with van der Waals surface area (Å²) in [5, 5.41) is 3.40. The lowest BCUT2D eigenvalue weighted by molar-refractivity contribution is 0.149. The van der Waals surface area contributed by atoms with Gasteiger partial charge in [0.2, 0.25) is 0 Å². The summed E-state index contributed by atoms with van der Waals surface area (Å²) < 4.78 is 1.17. The number of hydrogen-bond donors (Lipinski definition) is 1. The SMILES string of the molecule is CNC1CCCN(C(C)c2cccc(Br)c2)C1.Cl. The Hall–Kier alpha value is -0.0900. The number of likely N-dealkylation sites (tertiary alicyclic amines) is 1. The van der Waals surface area contributed by atoms with Gasteiger partial charge in [0, 0.05) is 23.1 Å². The summed E-state index contributed by atoms with van der Waals surface area (Å²) >= 11 is 3.55. The van der Waals surface area contributed by atoms with Gasteiger partial charge in [0.25, 0.3) is 0 Å². The Bertz CT molecular complexity index is 373. The van der Waals surface area contributed by atoms with Crippen molar-refractivity contribution in [1.82, 2.24) is 10.2 Å². The van der Waals surface area contributed by atoms with Crippen LogP contribution in [0.1, 0.15) is 31.4 Å². The molecule has 1 heterocycles. The lowest BCUT2D eigenvalue weighted by Crippen LogP contribution is -2.45. The fourth-order valence-corrected chi connectivity index (χ4v) is 2.99. The van der Waals surface area contributed by atoms with Crippen LogP contribution in [0, 0.1) is 0 Å². The van der Waals surface area contributed by atoms with Gasteiger partial charge in [-0.15, -0.1) is 12.4 Å². The van der Waals surface area contributed by atoms with Gasteiger partial charge in [-0.2, -0.15) is 0 Å². The number of hydrogen-bond acceptors (Lipinski definition) is 2. The van der Waals surface area contributed by atoms with E-state index >= 15 is 0 Å². The Morgan fingerprint density at radius 1 is 1.44 bits per heavy atom. The van der Waals surface area contributed by atoms with Gasteiger partial charge in [-0.1, -0.05) is 28.1 Å². The molecule has 1 saturated heterocycles. The minimum atomic E-state index is 0. The molecule has 0 aromatic heterocycles. The van der Waals surface area contributed by atoms with Crippen molar-refractivity contribution < 1.29 is 0 Å². The molecule has 2 atom stereocenters. The maximum atomic E-state index is 3.55. The lowest BCUT2D eigenvalue weighted by atomic mass is 10.0. The zero-order valence-corrected chi connectivity index (χ0v) is 13.4. The Morgan fingerprint density at radius 3 is 2.89 bits per heavy atom. The van der Waals surface area contributed by atoms with Gasteiger partial charge in [0.1, 0.15) is 0 Å². The Kier molecular flexibility index (Phi) is 6.64. The van der Waals surface area contributed by atoms with E-state index in [9.17, 15) is 0 Å². The standard InChI is InChI=1S/C14H21BrN2.ClH/c1-11(12-5-3-6-13(15)9-12)17-8-4-7-14(10-17)16-2;/h3,5-6,9,11,14,16H,4,7-8,10H2,1-2H3;1H. The molecule has 1 aromatic rings. The largest absolute Gasteiger partial charge is 0.316 e. The van der Waals surface area contributed by atoms with Crippen LogP contribution in [0.4, 0.5) is 0 Å². The quantitative estimate of drug-likeness (QED) is 0.909. The molecule has 0 amide bonds. The first-order chi connectivity index (χ1) is 8.20. The monoisotopic (exact) mass is 332 g/mol. The molecule has 102 valence electrons. The van der Waals surface area contributed by atoms with Crippen LogP contribution in [0.2, 0.25) is 0 Å². The Labute approximate surface area is 125 Å². The van der Waals surface area contributed by atoms with Crippen LogP contribution in [-0.2, 0) is 0 Å². The molecule has 1 N–H and O–H groups in total. The minimum absolute atomic E-state index is 0. The van der Waals surface area contributed by atoms with Gasteiger partial charge in [0.05, 0.1) is 0 Å². The van der Waals surface area contributed by atoms with Crippen molar-refractivity contribution in [3.8, 4) is 0 Å². The van der Waals surface area contributed by atoms with Gasteiger partial charge in [-0.05, 0) is 51.1 Å². The molecule has 18 heavy (non-hydrogen) atoms. The van der Waals surface area contributed by atoms with Crippen molar-refractivity contribution in [1.29, 1.82) is 0 Å². The summed E-state index contributed by atoms with van der Waals surface area (Å²) in [7, 11) is 2.07. The highest BCUT2D eigenvalue weighted by Crippen LogP contribution is 2.25. The molecule has 1 aliphatic heterocycles. The zero-order chi connectivity index (χ0) is 12.3. The van der Waals surface area contributed by atoms with E-state index in [1.165, 1.54) is 29.4 Å². The van der Waals surface area contributed by atoms with E-state index in [1.54, 1.807) is 0 Å². The Morgan fingerprint density at radius 2 is 2.22 bits per heavy atom. The third kappa shape index (κ3) is 3.95. The van der Waals surface area contributed by atoms with Crippen LogP contribution in [0.15, 0.2) is 28.7 Å². The lowest BCUT2D eigenvalue weighted by Gasteiger charge is -2.37. The molecule has 0 spiro atoms. The number of piperidine rings is 1. The molecule has 2 nitrogen and oxygen atoms in total. The van der Waals surface area contributed by atoms with E-state index in [4.69, 9.17) is 0 Å². The number of halogens is 2. The summed E-state index contributed by atoms with van der Waals surface area (Å²) in [4.78, 5) is 2.58. The molecule has 0 bridgehead atoms. The molecule has 1 aromatic carbocycles. The fourth-order valence-electron chi connectivity index (χ4n) is 2.57. The number of benzene rings is 1. The number of rotatable bonds is 3. The molecule has 0 aliphatic carbocycles. The topological polar surface area (TPSA) is 15.3 Å². The van der Waals surface area contributed by atoms with E-state index in [-0.39, 0.29) is 12.4 Å². The van der Waals surface area contributed by atoms with Crippen LogP contribution in [0.25, 0.3) is 0 Å². The smallest absolute Gasteiger partial charge is 0.0320 e. The van der Waals surface area contributed by atoms with Crippen molar-refractivity contribution in [3.63, 3.8) is 0 Å². The zero-order valence-electron chi connectivity index (χ0n) is 11.0. The molecule has 0 saturated carbocycles. The summed E-state index contributed by atoms with van der Waals surface area (Å²) in [6.45, 7) is 4.68. The summed E-state index contributed by atoms with van der Waals surface area (Å²) in [6.07, 6.45) is 2.60. The van der Waals surface area contributed by atoms with Gasteiger partial charge in [-0.3, -0.25) is 4.90 Å². The highest BCUT2D eigenvalue weighted by molar-refractivity contribution is 9.10. The molecule has 2 unspecified atom stereocenters. The van der Waals surface area contributed by atoms with Gasteiger partial charge in [0.15, 0.2) is 0 Å². The maximum absolute atomic E-state index is 3.55.